The van der Waals surface area contributed by atoms with Gasteiger partial charge in [-0.25, -0.2) is 4.79 Å². The van der Waals surface area contributed by atoms with Crippen LogP contribution in [0.5, 0.6) is 0 Å². The SMILES string of the molecule is CCOC1CC(NC(=O)Cc2ccc(Br)cc2)(C(=O)O)C1(C)C. The van der Waals surface area contributed by atoms with Crippen LogP contribution in [0.2, 0.25) is 0 Å². The Labute approximate surface area is 144 Å². The molecule has 2 N–H and O–H groups in total. The predicted molar refractivity (Wildman–Crippen MR) is 90.2 cm³/mol. The number of rotatable bonds is 6. The van der Waals surface area contributed by atoms with E-state index in [9.17, 15) is 14.7 Å². The minimum atomic E-state index is -1.28. The van der Waals surface area contributed by atoms with Crippen LogP contribution in [0.25, 0.3) is 0 Å². The second kappa shape index (κ2) is 6.61. The van der Waals surface area contributed by atoms with Crippen molar-refractivity contribution in [2.75, 3.05) is 6.61 Å². The van der Waals surface area contributed by atoms with Crippen LogP contribution >= 0.6 is 15.9 Å². The van der Waals surface area contributed by atoms with Crippen LogP contribution in [-0.2, 0) is 20.7 Å². The maximum absolute atomic E-state index is 12.3. The number of aliphatic carboxylic acids is 1. The molecule has 1 aromatic rings. The fraction of sp³-hybridized carbons (Fsp3) is 0.529. The Morgan fingerprint density at radius 3 is 2.43 bits per heavy atom. The van der Waals surface area contributed by atoms with E-state index in [1.807, 2.05) is 45.0 Å². The van der Waals surface area contributed by atoms with Crippen molar-refractivity contribution >= 4 is 27.8 Å². The van der Waals surface area contributed by atoms with Crippen molar-refractivity contribution in [1.82, 2.24) is 5.32 Å². The van der Waals surface area contributed by atoms with Gasteiger partial charge in [0.15, 0.2) is 0 Å². The van der Waals surface area contributed by atoms with E-state index in [0.717, 1.165) is 10.0 Å². The smallest absolute Gasteiger partial charge is 0.330 e. The van der Waals surface area contributed by atoms with Crippen LogP contribution in [-0.4, -0.2) is 35.2 Å². The summed E-state index contributed by atoms with van der Waals surface area (Å²) >= 11 is 3.34. The minimum absolute atomic E-state index is 0.150. The average Bonchev–Trinajstić information content (AvgIpc) is 2.48. The molecule has 2 rings (SSSR count). The fourth-order valence-corrected chi connectivity index (χ4v) is 3.37. The molecule has 0 saturated heterocycles. The molecule has 0 heterocycles. The normalized spacial score (nSPS) is 25.5. The molecule has 0 aliphatic heterocycles. The lowest BCUT2D eigenvalue weighted by atomic mass is 9.54. The number of ether oxygens (including phenoxy) is 1. The summed E-state index contributed by atoms with van der Waals surface area (Å²) in [5.41, 5.74) is -1.10. The Hall–Kier alpha value is -1.40. The molecule has 1 saturated carbocycles. The topological polar surface area (TPSA) is 75.6 Å². The third kappa shape index (κ3) is 3.28. The van der Waals surface area contributed by atoms with Crippen LogP contribution in [0.1, 0.15) is 32.8 Å². The molecule has 0 spiro atoms. The van der Waals surface area contributed by atoms with Crippen molar-refractivity contribution in [1.29, 1.82) is 0 Å². The zero-order valence-corrected chi connectivity index (χ0v) is 15.1. The molecular weight excluding hydrogens is 362 g/mol. The molecule has 2 atom stereocenters. The molecule has 0 bridgehead atoms. The van der Waals surface area contributed by atoms with Gasteiger partial charge in [0.05, 0.1) is 12.5 Å². The first-order chi connectivity index (χ1) is 10.7. The van der Waals surface area contributed by atoms with Gasteiger partial charge in [-0.3, -0.25) is 4.79 Å². The molecule has 1 aromatic carbocycles. The van der Waals surface area contributed by atoms with E-state index in [4.69, 9.17) is 4.74 Å². The van der Waals surface area contributed by atoms with Gasteiger partial charge >= 0.3 is 5.97 Å². The third-order valence-corrected chi connectivity index (χ3v) is 5.29. The van der Waals surface area contributed by atoms with E-state index >= 15 is 0 Å². The van der Waals surface area contributed by atoms with Gasteiger partial charge in [-0.1, -0.05) is 41.9 Å². The van der Waals surface area contributed by atoms with Gasteiger partial charge in [-0.05, 0) is 24.6 Å². The zero-order chi connectivity index (χ0) is 17.3. The Kier molecular flexibility index (Phi) is 5.16. The summed E-state index contributed by atoms with van der Waals surface area (Å²) in [7, 11) is 0. The quantitative estimate of drug-likeness (QED) is 0.791. The van der Waals surface area contributed by atoms with Crippen LogP contribution in [0.3, 0.4) is 0 Å². The Bertz CT molecular complexity index is 599. The molecule has 0 aromatic heterocycles. The summed E-state index contributed by atoms with van der Waals surface area (Å²) in [5, 5.41) is 12.4. The lowest BCUT2D eigenvalue weighted by Gasteiger charge is -2.58. The van der Waals surface area contributed by atoms with Crippen LogP contribution in [0, 0.1) is 5.41 Å². The lowest BCUT2D eigenvalue weighted by molar-refractivity contribution is -0.194. The van der Waals surface area contributed by atoms with Crippen molar-refractivity contribution in [3.63, 3.8) is 0 Å². The van der Waals surface area contributed by atoms with E-state index in [1.54, 1.807) is 0 Å². The summed E-state index contributed by atoms with van der Waals surface area (Å²) in [6.45, 7) is 6.05. The van der Waals surface area contributed by atoms with E-state index < -0.39 is 16.9 Å². The maximum atomic E-state index is 12.3. The molecule has 2 unspecified atom stereocenters. The van der Waals surface area contributed by atoms with Gasteiger partial charge in [0.1, 0.15) is 5.54 Å². The molecule has 1 aliphatic rings. The predicted octanol–water partition coefficient (Wildman–Crippen LogP) is 2.77. The van der Waals surface area contributed by atoms with Gasteiger partial charge in [-0.15, -0.1) is 0 Å². The summed E-state index contributed by atoms with van der Waals surface area (Å²) in [5.74, 6) is -1.31. The molecule has 6 heteroatoms. The second-order valence-electron chi connectivity index (χ2n) is 6.43. The first kappa shape index (κ1) is 17.9. The number of nitrogens with one attached hydrogen (secondary N) is 1. The van der Waals surface area contributed by atoms with Gasteiger partial charge in [0, 0.05) is 22.9 Å². The number of amides is 1. The number of carboxylic acids is 1. The number of carbonyl (C=O) groups is 2. The van der Waals surface area contributed by atoms with Crippen molar-refractivity contribution in [3.05, 3.63) is 34.3 Å². The molecule has 23 heavy (non-hydrogen) atoms. The summed E-state index contributed by atoms with van der Waals surface area (Å²) < 4.78 is 6.53. The van der Waals surface area contributed by atoms with E-state index in [2.05, 4.69) is 21.2 Å². The number of hydrogen-bond acceptors (Lipinski definition) is 3. The van der Waals surface area contributed by atoms with E-state index in [0.29, 0.717) is 6.61 Å². The molecule has 126 valence electrons. The Morgan fingerprint density at radius 1 is 1.35 bits per heavy atom. The van der Waals surface area contributed by atoms with Crippen molar-refractivity contribution in [2.45, 2.75) is 45.3 Å². The van der Waals surface area contributed by atoms with E-state index in [-0.39, 0.29) is 24.9 Å². The standard InChI is InChI=1S/C17H22BrNO4/c1-4-23-13-10-17(15(21)22,16(13,2)3)19-14(20)9-11-5-7-12(18)8-6-11/h5-8,13H,4,9-10H2,1-3H3,(H,19,20)(H,21,22). The van der Waals surface area contributed by atoms with Gasteiger partial charge < -0.3 is 15.2 Å². The van der Waals surface area contributed by atoms with Gasteiger partial charge in [-0.2, -0.15) is 0 Å². The highest BCUT2D eigenvalue weighted by atomic mass is 79.9. The number of carbonyl (C=O) groups excluding carboxylic acids is 1. The van der Waals surface area contributed by atoms with Gasteiger partial charge in [0.2, 0.25) is 5.91 Å². The van der Waals surface area contributed by atoms with Crippen molar-refractivity contribution < 1.29 is 19.4 Å². The number of halogens is 1. The molecule has 1 aliphatic carbocycles. The van der Waals surface area contributed by atoms with Crippen molar-refractivity contribution in [2.24, 2.45) is 5.41 Å². The molecular formula is C17H22BrNO4. The number of hydrogen-bond donors (Lipinski definition) is 2. The summed E-state index contributed by atoms with van der Waals surface area (Å²) in [6.07, 6.45) is 0.268. The average molecular weight is 384 g/mol. The van der Waals surface area contributed by atoms with E-state index in [1.165, 1.54) is 0 Å². The highest BCUT2D eigenvalue weighted by molar-refractivity contribution is 9.10. The third-order valence-electron chi connectivity index (χ3n) is 4.76. The van der Waals surface area contributed by atoms with Crippen LogP contribution in [0.4, 0.5) is 0 Å². The van der Waals surface area contributed by atoms with Crippen LogP contribution in [0.15, 0.2) is 28.7 Å². The molecule has 1 fully saturated rings. The van der Waals surface area contributed by atoms with Crippen molar-refractivity contribution in [3.8, 4) is 0 Å². The number of benzene rings is 1. The van der Waals surface area contributed by atoms with Gasteiger partial charge in [0.25, 0.3) is 0 Å². The first-order valence-corrected chi connectivity index (χ1v) is 8.42. The Balaban J connectivity index is 2.10. The summed E-state index contributed by atoms with van der Waals surface area (Å²) in [4.78, 5) is 24.2. The monoisotopic (exact) mass is 383 g/mol. The Morgan fingerprint density at radius 2 is 1.96 bits per heavy atom. The summed E-state index contributed by atoms with van der Waals surface area (Å²) in [6, 6.07) is 7.39. The lowest BCUT2D eigenvalue weighted by Crippen LogP contribution is -2.76. The molecule has 5 nitrogen and oxygen atoms in total. The van der Waals surface area contributed by atoms with Crippen LogP contribution < -0.4 is 5.32 Å². The maximum Gasteiger partial charge on any atom is 0.330 e. The fourth-order valence-electron chi connectivity index (χ4n) is 3.11. The minimum Gasteiger partial charge on any atom is -0.479 e. The molecule has 1 amide bonds. The highest BCUT2D eigenvalue weighted by Gasteiger charge is 2.66. The first-order valence-electron chi connectivity index (χ1n) is 7.63. The second-order valence-corrected chi connectivity index (χ2v) is 7.35. The number of carboxylic acid groups (broad SMARTS) is 1. The highest BCUT2D eigenvalue weighted by Crippen LogP contribution is 2.51. The zero-order valence-electron chi connectivity index (χ0n) is 13.6. The molecule has 0 radical (unpaired) electrons. The largest absolute Gasteiger partial charge is 0.479 e.